The van der Waals surface area contributed by atoms with Gasteiger partial charge in [0.25, 0.3) is 5.56 Å². The summed E-state index contributed by atoms with van der Waals surface area (Å²) in [6, 6.07) is 7.65. The van der Waals surface area contributed by atoms with Crippen LogP contribution in [0, 0.1) is 6.92 Å². The second-order valence-corrected chi connectivity index (χ2v) is 6.80. The Kier molecular flexibility index (Phi) is 5.03. The summed E-state index contributed by atoms with van der Waals surface area (Å²) in [6.45, 7) is 1.88. The minimum absolute atomic E-state index is 0.124. The molecule has 3 aromatic heterocycles. The Morgan fingerprint density at radius 2 is 2.00 bits per heavy atom. The molecule has 3 heterocycles. The van der Waals surface area contributed by atoms with Crippen LogP contribution in [-0.4, -0.2) is 30.1 Å². The summed E-state index contributed by atoms with van der Waals surface area (Å²) in [7, 11) is 0. The van der Waals surface area contributed by atoms with E-state index in [4.69, 9.17) is 16.1 Å². The molecule has 0 bridgehead atoms. The highest BCUT2D eigenvalue weighted by Gasteiger charge is 2.13. The summed E-state index contributed by atoms with van der Waals surface area (Å²) in [5, 5.41) is 15.6. The lowest BCUT2D eigenvalue weighted by atomic mass is 10.1. The largest absolute Gasteiger partial charge is 0.337 e. The second-order valence-electron chi connectivity index (χ2n) is 6.36. The SMILES string of the molecule is Cc1c(-c2cn[nH]c2)cnn(Cc2nc(CCc3ccc(Cl)cc3)no2)c1=O. The Morgan fingerprint density at radius 1 is 1.18 bits per heavy atom. The summed E-state index contributed by atoms with van der Waals surface area (Å²) in [5.74, 6) is 0.931. The highest BCUT2D eigenvalue weighted by atomic mass is 35.5. The van der Waals surface area contributed by atoms with E-state index in [0.29, 0.717) is 28.7 Å². The van der Waals surface area contributed by atoms with E-state index < -0.39 is 0 Å². The van der Waals surface area contributed by atoms with E-state index in [1.54, 1.807) is 25.5 Å². The van der Waals surface area contributed by atoms with E-state index in [0.717, 1.165) is 23.1 Å². The Balaban J connectivity index is 1.46. The lowest BCUT2D eigenvalue weighted by Crippen LogP contribution is -2.26. The van der Waals surface area contributed by atoms with Crippen molar-refractivity contribution in [2.45, 2.75) is 26.3 Å². The number of hydrogen-bond donors (Lipinski definition) is 1. The van der Waals surface area contributed by atoms with Crippen molar-refractivity contribution in [2.75, 3.05) is 0 Å². The number of aryl methyl sites for hydroxylation is 2. The zero-order chi connectivity index (χ0) is 19.5. The van der Waals surface area contributed by atoms with Crippen LogP contribution in [0.25, 0.3) is 11.1 Å². The first-order valence-electron chi connectivity index (χ1n) is 8.72. The Morgan fingerprint density at radius 3 is 2.75 bits per heavy atom. The van der Waals surface area contributed by atoms with Gasteiger partial charge in [0, 0.05) is 34.3 Å². The molecule has 0 aliphatic carbocycles. The van der Waals surface area contributed by atoms with E-state index in [2.05, 4.69) is 25.4 Å². The molecule has 4 aromatic rings. The molecule has 0 fully saturated rings. The predicted molar refractivity (Wildman–Crippen MR) is 103 cm³/mol. The molecule has 0 amide bonds. The quantitative estimate of drug-likeness (QED) is 0.537. The number of aromatic nitrogens is 6. The molecular weight excluding hydrogens is 380 g/mol. The number of rotatable bonds is 6. The van der Waals surface area contributed by atoms with E-state index in [-0.39, 0.29) is 12.1 Å². The molecule has 0 saturated heterocycles. The van der Waals surface area contributed by atoms with Crippen LogP contribution < -0.4 is 5.56 Å². The van der Waals surface area contributed by atoms with E-state index in [9.17, 15) is 4.79 Å². The zero-order valence-corrected chi connectivity index (χ0v) is 15.8. The summed E-state index contributed by atoms with van der Waals surface area (Å²) in [4.78, 5) is 17.0. The van der Waals surface area contributed by atoms with Crippen molar-refractivity contribution in [3.8, 4) is 11.1 Å². The molecule has 1 N–H and O–H groups in total. The van der Waals surface area contributed by atoms with Gasteiger partial charge in [-0.05, 0) is 31.0 Å². The first-order valence-corrected chi connectivity index (χ1v) is 9.10. The van der Waals surface area contributed by atoms with Gasteiger partial charge < -0.3 is 4.52 Å². The van der Waals surface area contributed by atoms with Crippen LogP contribution in [0.2, 0.25) is 5.02 Å². The summed E-state index contributed by atoms with van der Waals surface area (Å²) < 4.78 is 6.59. The predicted octanol–water partition coefficient (Wildman–Crippen LogP) is 2.81. The molecule has 8 nitrogen and oxygen atoms in total. The van der Waals surface area contributed by atoms with Crippen molar-refractivity contribution in [2.24, 2.45) is 0 Å². The number of hydrogen-bond acceptors (Lipinski definition) is 6. The van der Waals surface area contributed by atoms with Gasteiger partial charge in [0.1, 0.15) is 6.54 Å². The van der Waals surface area contributed by atoms with E-state index in [1.807, 2.05) is 24.3 Å². The maximum absolute atomic E-state index is 12.6. The fourth-order valence-electron chi connectivity index (χ4n) is 2.88. The highest BCUT2D eigenvalue weighted by Crippen LogP contribution is 2.18. The molecule has 142 valence electrons. The average molecular weight is 397 g/mol. The molecule has 1 aromatic carbocycles. The fourth-order valence-corrected chi connectivity index (χ4v) is 3.00. The number of benzene rings is 1. The Bertz CT molecular complexity index is 1130. The smallest absolute Gasteiger partial charge is 0.270 e. The van der Waals surface area contributed by atoms with Crippen molar-refractivity contribution < 1.29 is 4.52 Å². The van der Waals surface area contributed by atoms with Crippen LogP contribution in [0.3, 0.4) is 0 Å². The van der Waals surface area contributed by atoms with Crippen LogP contribution in [-0.2, 0) is 19.4 Å². The van der Waals surface area contributed by atoms with Crippen molar-refractivity contribution in [1.82, 2.24) is 30.1 Å². The Hall–Kier alpha value is -3.26. The van der Waals surface area contributed by atoms with Crippen LogP contribution in [0.4, 0.5) is 0 Å². The first kappa shape index (κ1) is 18.1. The third-order valence-corrected chi connectivity index (χ3v) is 4.69. The first-order chi connectivity index (χ1) is 13.6. The van der Waals surface area contributed by atoms with Gasteiger partial charge in [-0.1, -0.05) is 28.9 Å². The molecule has 4 rings (SSSR count). The minimum Gasteiger partial charge on any atom is -0.337 e. The van der Waals surface area contributed by atoms with Gasteiger partial charge in [0.05, 0.1) is 12.4 Å². The van der Waals surface area contributed by atoms with Crippen molar-refractivity contribution in [3.63, 3.8) is 0 Å². The van der Waals surface area contributed by atoms with Gasteiger partial charge in [-0.2, -0.15) is 15.2 Å². The van der Waals surface area contributed by atoms with Gasteiger partial charge in [-0.3, -0.25) is 9.89 Å². The molecule has 0 spiro atoms. The van der Waals surface area contributed by atoms with E-state index >= 15 is 0 Å². The van der Waals surface area contributed by atoms with E-state index in [1.165, 1.54) is 4.68 Å². The maximum atomic E-state index is 12.6. The maximum Gasteiger partial charge on any atom is 0.270 e. The van der Waals surface area contributed by atoms with Gasteiger partial charge >= 0.3 is 0 Å². The van der Waals surface area contributed by atoms with Crippen molar-refractivity contribution in [3.05, 3.63) is 81.1 Å². The second kappa shape index (κ2) is 7.77. The molecule has 0 aliphatic heterocycles. The van der Waals surface area contributed by atoms with Crippen molar-refractivity contribution in [1.29, 1.82) is 0 Å². The molecule has 0 unspecified atom stereocenters. The molecular formula is C19H17ClN6O2. The lowest BCUT2D eigenvalue weighted by Gasteiger charge is -2.06. The van der Waals surface area contributed by atoms with Crippen LogP contribution in [0.15, 0.2) is 52.2 Å². The normalized spacial score (nSPS) is 11.1. The molecule has 0 radical (unpaired) electrons. The van der Waals surface area contributed by atoms with Gasteiger partial charge in [-0.25, -0.2) is 4.68 Å². The van der Waals surface area contributed by atoms with Crippen molar-refractivity contribution >= 4 is 11.6 Å². The third kappa shape index (κ3) is 3.86. The van der Waals surface area contributed by atoms with Crippen LogP contribution in [0.1, 0.15) is 22.8 Å². The number of nitrogens with one attached hydrogen (secondary N) is 1. The van der Waals surface area contributed by atoms with Gasteiger partial charge in [-0.15, -0.1) is 0 Å². The number of aromatic amines is 1. The topological polar surface area (TPSA) is 102 Å². The summed E-state index contributed by atoms with van der Waals surface area (Å²) in [5.41, 5.74) is 3.07. The minimum atomic E-state index is -0.209. The Labute approximate surface area is 165 Å². The molecule has 0 saturated carbocycles. The third-order valence-electron chi connectivity index (χ3n) is 4.44. The molecule has 0 atom stereocenters. The summed E-state index contributed by atoms with van der Waals surface area (Å²) in [6.07, 6.45) is 6.41. The van der Waals surface area contributed by atoms with Crippen LogP contribution >= 0.6 is 11.6 Å². The number of halogens is 1. The standard InChI is InChI=1S/C19H17ClN6O2/c1-12-16(14-8-21-22-9-14)10-23-26(19(12)27)11-18-24-17(25-28-18)7-4-13-2-5-15(20)6-3-13/h2-3,5-6,8-10H,4,7,11H2,1H3,(H,21,22). The average Bonchev–Trinajstić information content (AvgIpc) is 3.37. The molecule has 28 heavy (non-hydrogen) atoms. The fraction of sp³-hybridized carbons (Fsp3) is 0.211. The van der Waals surface area contributed by atoms with Gasteiger partial charge in [0.2, 0.25) is 5.89 Å². The summed E-state index contributed by atoms with van der Waals surface area (Å²) >= 11 is 5.89. The monoisotopic (exact) mass is 396 g/mol. The highest BCUT2D eigenvalue weighted by molar-refractivity contribution is 6.30. The van der Waals surface area contributed by atoms with Crippen LogP contribution in [0.5, 0.6) is 0 Å². The zero-order valence-electron chi connectivity index (χ0n) is 15.1. The number of H-pyrrole nitrogens is 1. The molecule has 0 aliphatic rings. The number of nitrogens with zero attached hydrogens (tertiary/aromatic N) is 5. The lowest BCUT2D eigenvalue weighted by molar-refractivity contribution is 0.358. The molecule has 9 heteroatoms. The van der Waals surface area contributed by atoms with Gasteiger partial charge in [0.15, 0.2) is 5.82 Å².